The van der Waals surface area contributed by atoms with Crippen molar-refractivity contribution >= 4 is 50.5 Å². The third-order valence-corrected chi connectivity index (χ3v) is 9.31. The van der Waals surface area contributed by atoms with Crippen LogP contribution >= 0.6 is 50.5 Å². The molecule has 2 rings (SSSR count). The molecule has 0 heterocycles. The molecule has 4 atom stereocenters. The van der Waals surface area contributed by atoms with Crippen molar-refractivity contribution in [2.45, 2.75) is 140 Å². The number of aryl methyl sites for hydroxylation is 2. The van der Waals surface area contributed by atoms with Crippen LogP contribution in [0.1, 0.15) is 166 Å². The molecule has 0 saturated heterocycles. The molecule has 0 nitrogen and oxygen atoms in total. The molecular weight excluding hydrogens is 537 g/mol. The fourth-order valence-corrected chi connectivity index (χ4v) is 7.01. The first kappa shape index (κ1) is 34.0. The Labute approximate surface area is 257 Å². The third-order valence-electron chi connectivity index (χ3n) is 8.24. The van der Waals surface area contributed by atoms with Crippen molar-refractivity contribution in [3.05, 3.63) is 68.8 Å². The highest BCUT2D eigenvalue weighted by Gasteiger charge is 2.33. The monoisotopic (exact) mass is 590 g/mol. The zero-order valence-electron chi connectivity index (χ0n) is 25.3. The number of hydrogen-bond donors (Lipinski definition) is 4. The van der Waals surface area contributed by atoms with E-state index in [0.717, 1.165) is 19.3 Å². The van der Waals surface area contributed by atoms with Gasteiger partial charge in [-0.3, -0.25) is 0 Å². The predicted octanol–water partition coefficient (Wildman–Crippen LogP) is 11.8. The highest BCUT2D eigenvalue weighted by Crippen LogP contribution is 2.45. The van der Waals surface area contributed by atoms with Crippen molar-refractivity contribution in [3.63, 3.8) is 0 Å². The van der Waals surface area contributed by atoms with Crippen molar-refractivity contribution < 1.29 is 0 Å². The second kappa shape index (κ2) is 15.7. The molecule has 2 aromatic carbocycles. The number of thiol groups is 4. The summed E-state index contributed by atoms with van der Waals surface area (Å²) in [6, 6.07) is 9.99. The normalized spacial score (nSPS) is 16.6. The highest BCUT2D eigenvalue weighted by molar-refractivity contribution is 7.81. The third kappa shape index (κ3) is 8.20. The van der Waals surface area contributed by atoms with Gasteiger partial charge >= 0.3 is 0 Å². The van der Waals surface area contributed by atoms with E-state index >= 15 is 0 Å². The van der Waals surface area contributed by atoms with Crippen LogP contribution in [0.3, 0.4) is 0 Å². The van der Waals surface area contributed by atoms with Crippen molar-refractivity contribution in [1.82, 2.24) is 0 Å². The van der Waals surface area contributed by atoms with Gasteiger partial charge < -0.3 is 0 Å². The molecule has 0 saturated carbocycles. The van der Waals surface area contributed by atoms with Crippen molar-refractivity contribution in [2.24, 2.45) is 0 Å². The average Bonchev–Trinajstić information content (AvgIpc) is 2.87. The van der Waals surface area contributed by atoms with Gasteiger partial charge in [0.15, 0.2) is 0 Å². The minimum absolute atomic E-state index is 0.0937. The van der Waals surface area contributed by atoms with Gasteiger partial charge in [0.25, 0.3) is 0 Å². The molecule has 214 valence electrons. The molecule has 38 heavy (non-hydrogen) atoms. The summed E-state index contributed by atoms with van der Waals surface area (Å²) in [5, 5.41) is 0.707. The SMILES string of the molecule is CCCCc1cc(C(C)(CCCC)c2cc(CCCC)c(C(C)S)c(C(C)S)c2)cc(C(C)S)c1C(C)S. The number of unbranched alkanes of at least 4 members (excludes halogenated alkanes) is 3. The lowest BCUT2D eigenvalue weighted by atomic mass is 9.69. The highest BCUT2D eigenvalue weighted by atomic mass is 32.1. The van der Waals surface area contributed by atoms with Gasteiger partial charge in [0.2, 0.25) is 0 Å². The summed E-state index contributed by atoms with van der Waals surface area (Å²) >= 11 is 19.8. The van der Waals surface area contributed by atoms with Crippen LogP contribution in [0.5, 0.6) is 0 Å². The maximum atomic E-state index is 4.97. The zero-order valence-corrected chi connectivity index (χ0v) is 28.8. The summed E-state index contributed by atoms with van der Waals surface area (Å²) in [7, 11) is 0. The van der Waals surface area contributed by atoms with Gasteiger partial charge in [-0.1, -0.05) is 77.6 Å². The molecule has 0 aromatic heterocycles. The maximum Gasteiger partial charge on any atom is 0.0244 e. The largest absolute Gasteiger partial charge is 0.171 e. The summed E-state index contributed by atoms with van der Waals surface area (Å²) in [5.74, 6) is 0. The minimum atomic E-state index is -0.0937. The molecular formula is C34H54S4. The minimum Gasteiger partial charge on any atom is -0.171 e. The Kier molecular flexibility index (Phi) is 14.1. The van der Waals surface area contributed by atoms with Crippen LogP contribution in [0, 0.1) is 0 Å². The molecule has 0 radical (unpaired) electrons. The smallest absolute Gasteiger partial charge is 0.0244 e. The number of hydrogen-bond acceptors (Lipinski definition) is 4. The van der Waals surface area contributed by atoms with Gasteiger partial charge in [0.1, 0.15) is 0 Å². The Hall–Kier alpha value is -0.160. The van der Waals surface area contributed by atoms with Crippen LogP contribution in [0.15, 0.2) is 24.3 Å². The topological polar surface area (TPSA) is 0 Å². The van der Waals surface area contributed by atoms with Crippen molar-refractivity contribution in [2.75, 3.05) is 0 Å². The van der Waals surface area contributed by atoms with Gasteiger partial charge in [-0.25, -0.2) is 0 Å². The van der Waals surface area contributed by atoms with Gasteiger partial charge in [0, 0.05) is 26.4 Å². The Morgan fingerprint density at radius 2 is 0.947 bits per heavy atom. The van der Waals surface area contributed by atoms with E-state index in [-0.39, 0.29) is 26.4 Å². The van der Waals surface area contributed by atoms with E-state index in [1.165, 1.54) is 83.0 Å². The first-order valence-electron chi connectivity index (χ1n) is 15.0. The summed E-state index contributed by atoms with van der Waals surface area (Å²) in [6.07, 6.45) is 10.5. The second-order valence-electron chi connectivity index (χ2n) is 11.6. The predicted molar refractivity (Wildman–Crippen MR) is 186 cm³/mol. The van der Waals surface area contributed by atoms with Crippen molar-refractivity contribution in [1.29, 1.82) is 0 Å². The Morgan fingerprint density at radius 3 is 1.24 bits per heavy atom. The van der Waals surface area contributed by atoms with E-state index in [9.17, 15) is 0 Å². The molecule has 0 amide bonds. The Balaban J connectivity index is 2.93. The lowest BCUT2D eigenvalue weighted by Gasteiger charge is -2.35. The number of rotatable bonds is 15. The zero-order chi connectivity index (χ0) is 28.6. The van der Waals surface area contributed by atoms with Crippen LogP contribution in [-0.2, 0) is 18.3 Å². The Morgan fingerprint density at radius 1 is 0.579 bits per heavy atom. The Bertz CT molecular complexity index is 944. The summed E-state index contributed by atoms with van der Waals surface area (Å²) in [6.45, 7) is 18.2. The van der Waals surface area contributed by atoms with E-state index in [2.05, 4.69) is 79.7 Å². The lowest BCUT2D eigenvalue weighted by molar-refractivity contribution is 0.490. The van der Waals surface area contributed by atoms with E-state index in [1.807, 2.05) is 0 Å². The van der Waals surface area contributed by atoms with Gasteiger partial charge in [0.05, 0.1) is 0 Å². The molecule has 2 aromatic rings. The molecule has 0 aliphatic heterocycles. The fraction of sp³-hybridized carbons (Fsp3) is 0.647. The van der Waals surface area contributed by atoms with Crippen LogP contribution in [0.25, 0.3) is 0 Å². The molecule has 0 N–H and O–H groups in total. The summed E-state index contributed by atoms with van der Waals surface area (Å²) in [5.41, 5.74) is 11.1. The molecule has 0 aliphatic carbocycles. The average molecular weight is 591 g/mol. The molecule has 4 unspecified atom stereocenters. The quantitative estimate of drug-likeness (QED) is 0.146. The van der Waals surface area contributed by atoms with Gasteiger partial charge in [-0.05, 0) is 104 Å². The maximum absolute atomic E-state index is 4.97. The summed E-state index contributed by atoms with van der Waals surface area (Å²) in [4.78, 5) is 0. The molecule has 0 aliphatic rings. The van der Waals surface area contributed by atoms with Crippen molar-refractivity contribution in [3.8, 4) is 0 Å². The van der Waals surface area contributed by atoms with Crippen LogP contribution in [-0.4, -0.2) is 0 Å². The van der Waals surface area contributed by atoms with E-state index in [4.69, 9.17) is 50.5 Å². The molecule has 4 heteroatoms. The van der Waals surface area contributed by atoms with Crippen LogP contribution in [0.2, 0.25) is 0 Å². The van der Waals surface area contributed by atoms with Gasteiger partial charge in [-0.15, -0.1) is 0 Å². The molecule has 0 fully saturated rings. The number of benzene rings is 2. The first-order valence-corrected chi connectivity index (χ1v) is 17.1. The van der Waals surface area contributed by atoms with E-state index in [1.54, 1.807) is 0 Å². The second-order valence-corrected chi connectivity index (χ2v) is 14.7. The fourth-order valence-electron chi connectivity index (χ4n) is 5.96. The van der Waals surface area contributed by atoms with Crippen LogP contribution in [0.4, 0.5) is 0 Å². The standard InChI is InChI=1S/C34H54S4/c1-9-12-15-26-18-28(20-30(22(4)35)32(26)24(6)37)34(8,17-14-11-3)29-19-27(16-13-10-2)33(25(7)38)31(21-29)23(5)36/h18-25,35-38H,9-17H2,1-8H3. The first-order chi connectivity index (χ1) is 17.9. The van der Waals surface area contributed by atoms with E-state index < -0.39 is 0 Å². The van der Waals surface area contributed by atoms with Crippen LogP contribution < -0.4 is 0 Å². The molecule has 0 spiro atoms. The lowest BCUT2D eigenvalue weighted by Crippen LogP contribution is -2.26. The van der Waals surface area contributed by atoms with Gasteiger partial charge in [-0.2, -0.15) is 50.5 Å². The van der Waals surface area contributed by atoms with E-state index in [0.29, 0.717) is 0 Å². The molecule has 0 bridgehead atoms. The summed E-state index contributed by atoms with van der Waals surface area (Å²) < 4.78 is 0.